The normalized spacial score (nSPS) is 17.4. The molecule has 2 N–H and O–H groups in total. The Hall–Kier alpha value is -2.18. The highest BCUT2D eigenvalue weighted by atomic mass is 16.3. The zero-order valence-electron chi connectivity index (χ0n) is 14.9. The molecule has 1 unspecified atom stereocenters. The van der Waals surface area contributed by atoms with E-state index in [0.29, 0.717) is 6.54 Å². The van der Waals surface area contributed by atoms with Gasteiger partial charge in [-0.05, 0) is 50.9 Å². The molecule has 3 rings (SSSR count). The van der Waals surface area contributed by atoms with Crippen LogP contribution in [-0.2, 0) is 11.8 Å². The number of imidazole rings is 1. The molecule has 1 atom stereocenters. The van der Waals surface area contributed by atoms with Crippen molar-refractivity contribution in [3.05, 3.63) is 48.0 Å². The van der Waals surface area contributed by atoms with Crippen LogP contribution in [0, 0.1) is 12.8 Å². The minimum atomic E-state index is -0.538. The highest BCUT2D eigenvalue weighted by Crippen LogP contribution is 2.29. The molecule has 1 aliphatic heterocycles. The number of hydrogen-bond donors (Lipinski definition) is 2. The summed E-state index contributed by atoms with van der Waals surface area (Å²) in [5.74, 6) is 0.917. The molecule has 1 aromatic heterocycles. The van der Waals surface area contributed by atoms with E-state index in [9.17, 15) is 9.90 Å². The quantitative estimate of drug-likeness (QED) is 0.873. The van der Waals surface area contributed by atoms with Gasteiger partial charge in [-0.15, -0.1) is 0 Å². The lowest BCUT2D eigenvalue weighted by Gasteiger charge is -2.33. The first-order valence-electron chi connectivity index (χ1n) is 8.77. The van der Waals surface area contributed by atoms with Gasteiger partial charge in [0.2, 0.25) is 5.91 Å². The molecule has 1 amide bonds. The zero-order valence-corrected chi connectivity index (χ0v) is 14.9. The molecule has 2 heterocycles. The number of anilines is 1. The van der Waals surface area contributed by atoms with Crippen molar-refractivity contribution in [3.63, 3.8) is 0 Å². The van der Waals surface area contributed by atoms with Gasteiger partial charge in [-0.25, -0.2) is 4.98 Å². The van der Waals surface area contributed by atoms with Crippen LogP contribution in [-0.4, -0.2) is 45.1 Å². The molecular weight excluding hydrogens is 316 g/mol. The van der Waals surface area contributed by atoms with Gasteiger partial charge in [0.05, 0.1) is 6.54 Å². The minimum Gasteiger partial charge on any atom is -0.385 e. The van der Waals surface area contributed by atoms with E-state index < -0.39 is 6.10 Å². The number of aromatic nitrogens is 2. The molecule has 6 heteroatoms. The van der Waals surface area contributed by atoms with Crippen LogP contribution in [0.3, 0.4) is 0 Å². The summed E-state index contributed by atoms with van der Waals surface area (Å²) in [5.41, 5.74) is 2.00. The molecule has 2 aromatic rings. The van der Waals surface area contributed by atoms with E-state index in [1.807, 2.05) is 49.0 Å². The molecule has 0 aliphatic carbocycles. The number of benzene rings is 1. The van der Waals surface area contributed by atoms with Gasteiger partial charge in [-0.1, -0.05) is 17.7 Å². The molecule has 6 nitrogen and oxygen atoms in total. The molecule has 0 bridgehead atoms. The number of aryl methyl sites for hydroxylation is 2. The average Bonchev–Trinajstić information content (AvgIpc) is 3.03. The maximum absolute atomic E-state index is 12.2. The van der Waals surface area contributed by atoms with Gasteiger partial charge in [0, 0.05) is 25.1 Å². The number of piperidine rings is 1. The third-order valence-corrected chi connectivity index (χ3v) is 4.90. The predicted molar refractivity (Wildman–Crippen MR) is 97.1 cm³/mol. The van der Waals surface area contributed by atoms with E-state index in [1.54, 1.807) is 6.20 Å². The highest BCUT2D eigenvalue weighted by molar-refractivity contribution is 5.92. The Morgan fingerprint density at radius 1 is 1.32 bits per heavy atom. The minimum absolute atomic E-state index is 0.00644. The largest absolute Gasteiger partial charge is 0.385 e. The summed E-state index contributed by atoms with van der Waals surface area (Å²) in [6, 6.07) is 7.81. The van der Waals surface area contributed by atoms with Crippen LogP contribution in [0.25, 0.3) is 0 Å². The highest BCUT2D eigenvalue weighted by Gasteiger charge is 2.28. The first kappa shape index (κ1) is 17.6. The van der Waals surface area contributed by atoms with E-state index in [4.69, 9.17) is 0 Å². The predicted octanol–water partition coefficient (Wildman–Crippen LogP) is 2.11. The van der Waals surface area contributed by atoms with Crippen LogP contribution < -0.4 is 5.32 Å². The molecule has 1 fully saturated rings. The number of aliphatic hydroxyl groups excluding tert-OH is 1. The Morgan fingerprint density at radius 3 is 2.60 bits per heavy atom. The first-order chi connectivity index (χ1) is 12.0. The fourth-order valence-electron chi connectivity index (χ4n) is 3.34. The number of aliphatic hydroxyl groups is 1. The summed E-state index contributed by atoms with van der Waals surface area (Å²) in [6.45, 7) is 4.04. The van der Waals surface area contributed by atoms with Crippen LogP contribution >= 0.6 is 0 Å². The fraction of sp³-hybridized carbons (Fsp3) is 0.474. The summed E-state index contributed by atoms with van der Waals surface area (Å²) in [6.07, 6.45) is 4.76. The average molecular weight is 342 g/mol. The van der Waals surface area contributed by atoms with Gasteiger partial charge in [0.25, 0.3) is 0 Å². The van der Waals surface area contributed by atoms with Crippen molar-refractivity contribution in [1.29, 1.82) is 0 Å². The van der Waals surface area contributed by atoms with Gasteiger partial charge >= 0.3 is 0 Å². The Labute approximate surface area is 148 Å². The first-order valence-corrected chi connectivity index (χ1v) is 8.77. The molecule has 1 aliphatic rings. The lowest BCUT2D eigenvalue weighted by atomic mass is 9.90. The standard InChI is InChI=1S/C19H26N4O2/c1-14-3-5-16(6-4-14)21-17(24)13-23-10-7-15(8-11-23)18(25)19-20-9-12-22(19)2/h3-6,9,12,15,18,25H,7-8,10-11,13H2,1-2H3,(H,21,24). The zero-order chi connectivity index (χ0) is 17.8. The third kappa shape index (κ3) is 4.46. The molecule has 0 radical (unpaired) electrons. The Bertz CT molecular complexity index is 702. The number of likely N-dealkylation sites (tertiary alicyclic amines) is 1. The summed E-state index contributed by atoms with van der Waals surface area (Å²) < 4.78 is 1.87. The summed E-state index contributed by atoms with van der Waals surface area (Å²) in [7, 11) is 1.90. The second-order valence-electron chi connectivity index (χ2n) is 6.87. The van der Waals surface area contributed by atoms with Crippen LogP contribution in [0.5, 0.6) is 0 Å². The molecule has 1 aromatic carbocycles. The topological polar surface area (TPSA) is 70.4 Å². The number of rotatable bonds is 5. The van der Waals surface area contributed by atoms with E-state index >= 15 is 0 Å². The van der Waals surface area contributed by atoms with Crippen LogP contribution in [0.15, 0.2) is 36.7 Å². The lowest BCUT2D eigenvalue weighted by Crippen LogP contribution is -2.40. The van der Waals surface area contributed by atoms with Crippen molar-refractivity contribution in [3.8, 4) is 0 Å². The SMILES string of the molecule is Cc1ccc(NC(=O)CN2CCC(C(O)c3nccn3C)CC2)cc1. The molecule has 25 heavy (non-hydrogen) atoms. The van der Waals surface area contributed by atoms with Crippen molar-refractivity contribution in [2.45, 2.75) is 25.9 Å². The number of hydrogen-bond acceptors (Lipinski definition) is 4. The molecule has 0 saturated carbocycles. The maximum atomic E-state index is 12.2. The van der Waals surface area contributed by atoms with Crippen molar-refractivity contribution in [1.82, 2.24) is 14.5 Å². The van der Waals surface area contributed by atoms with E-state index in [1.165, 1.54) is 5.56 Å². The number of carbonyl (C=O) groups is 1. The van der Waals surface area contributed by atoms with Gasteiger partial charge in [-0.2, -0.15) is 0 Å². The third-order valence-electron chi connectivity index (χ3n) is 4.90. The molecule has 1 saturated heterocycles. The Balaban J connectivity index is 1.46. The van der Waals surface area contributed by atoms with Gasteiger partial charge < -0.3 is 15.0 Å². The molecule has 0 spiro atoms. The monoisotopic (exact) mass is 342 g/mol. The van der Waals surface area contributed by atoms with Crippen molar-refractivity contribution < 1.29 is 9.90 Å². The summed E-state index contributed by atoms with van der Waals surface area (Å²) in [4.78, 5) is 18.6. The Kier molecular flexibility index (Phi) is 5.50. The van der Waals surface area contributed by atoms with Crippen LogP contribution in [0.1, 0.15) is 30.3 Å². The van der Waals surface area contributed by atoms with Gasteiger partial charge in [0.15, 0.2) is 0 Å². The number of carbonyl (C=O) groups excluding carboxylic acids is 1. The molecule has 134 valence electrons. The smallest absolute Gasteiger partial charge is 0.238 e. The van der Waals surface area contributed by atoms with Gasteiger partial charge in [-0.3, -0.25) is 9.69 Å². The van der Waals surface area contributed by atoms with E-state index in [2.05, 4.69) is 15.2 Å². The number of nitrogens with zero attached hydrogens (tertiary/aromatic N) is 3. The van der Waals surface area contributed by atoms with E-state index in [0.717, 1.165) is 37.4 Å². The van der Waals surface area contributed by atoms with Crippen LogP contribution in [0.4, 0.5) is 5.69 Å². The Morgan fingerprint density at radius 2 is 2.00 bits per heavy atom. The van der Waals surface area contributed by atoms with Crippen molar-refractivity contribution in [2.75, 3.05) is 25.0 Å². The fourth-order valence-corrected chi connectivity index (χ4v) is 3.34. The summed E-state index contributed by atoms with van der Waals surface area (Å²) in [5, 5.41) is 13.5. The molecular formula is C19H26N4O2. The van der Waals surface area contributed by atoms with Crippen LogP contribution in [0.2, 0.25) is 0 Å². The maximum Gasteiger partial charge on any atom is 0.238 e. The second kappa shape index (κ2) is 7.80. The summed E-state index contributed by atoms with van der Waals surface area (Å²) >= 11 is 0. The number of amides is 1. The van der Waals surface area contributed by atoms with Crippen molar-refractivity contribution >= 4 is 11.6 Å². The number of nitrogens with one attached hydrogen (secondary N) is 1. The van der Waals surface area contributed by atoms with Gasteiger partial charge in [0.1, 0.15) is 11.9 Å². The lowest BCUT2D eigenvalue weighted by molar-refractivity contribution is -0.117. The second-order valence-corrected chi connectivity index (χ2v) is 6.87. The van der Waals surface area contributed by atoms with E-state index in [-0.39, 0.29) is 11.8 Å². The van der Waals surface area contributed by atoms with Crippen molar-refractivity contribution in [2.24, 2.45) is 13.0 Å².